The van der Waals surface area contributed by atoms with E-state index in [1.165, 1.54) is 6.92 Å². The zero-order valence-electron chi connectivity index (χ0n) is 33.8. The highest BCUT2D eigenvalue weighted by Crippen LogP contribution is 2.31. The summed E-state index contributed by atoms with van der Waals surface area (Å²) >= 11 is 0. The van der Waals surface area contributed by atoms with E-state index in [0.29, 0.717) is 64.3 Å². The smallest absolute Gasteiger partial charge is 0.243 e. The van der Waals surface area contributed by atoms with Crippen LogP contribution in [-0.2, 0) is 46.3 Å². The number of nitrogens with zero attached hydrogens (tertiary/aromatic N) is 2. The Labute approximate surface area is 331 Å². The minimum absolute atomic E-state index is 0.00776. The molecular formula is C42H61N7O7. The van der Waals surface area contributed by atoms with Crippen molar-refractivity contribution < 1.29 is 33.4 Å². The summed E-state index contributed by atoms with van der Waals surface area (Å²) in [4.78, 5) is 69.7. The maximum atomic E-state index is 14.3. The van der Waals surface area contributed by atoms with Gasteiger partial charge < -0.3 is 30.7 Å². The molecule has 0 radical (unpaired) electrons. The van der Waals surface area contributed by atoms with Crippen LogP contribution in [0.5, 0.6) is 0 Å². The molecule has 5 atom stereocenters. The summed E-state index contributed by atoms with van der Waals surface area (Å²) in [6, 6.07) is 15.5. The van der Waals surface area contributed by atoms with Crippen LogP contribution in [0.25, 0.3) is 0 Å². The highest BCUT2D eigenvalue weighted by Gasteiger charge is 2.48. The second kappa shape index (κ2) is 21.6. The van der Waals surface area contributed by atoms with E-state index in [0.717, 1.165) is 11.1 Å². The molecule has 2 fully saturated rings. The van der Waals surface area contributed by atoms with Gasteiger partial charge in [0, 0.05) is 26.4 Å². The molecule has 2 saturated heterocycles. The van der Waals surface area contributed by atoms with Gasteiger partial charge in [-0.05, 0) is 55.6 Å². The zero-order valence-corrected chi connectivity index (χ0v) is 33.8. The molecule has 0 bridgehead atoms. The van der Waals surface area contributed by atoms with E-state index in [1.54, 1.807) is 0 Å². The van der Waals surface area contributed by atoms with Gasteiger partial charge in [-0.25, -0.2) is 5.43 Å². The van der Waals surface area contributed by atoms with Crippen molar-refractivity contribution in [1.82, 2.24) is 31.6 Å². The number of morpholine rings is 1. The van der Waals surface area contributed by atoms with Crippen LogP contribution in [0.1, 0.15) is 71.9 Å². The minimum atomic E-state index is -1.02. The zero-order chi connectivity index (χ0) is 40.7. The Kier molecular flexibility index (Phi) is 17.0. The number of rotatable bonds is 21. The first-order valence-electron chi connectivity index (χ1n) is 19.8. The summed E-state index contributed by atoms with van der Waals surface area (Å²) in [7, 11) is 0. The van der Waals surface area contributed by atoms with Gasteiger partial charge in [-0.1, -0.05) is 88.4 Å². The molecule has 2 aromatic carbocycles. The number of benzene rings is 2. The number of nitrogens with one attached hydrogen (secondary N) is 5. The van der Waals surface area contributed by atoms with Gasteiger partial charge in [0.1, 0.15) is 23.7 Å². The van der Waals surface area contributed by atoms with Gasteiger partial charge in [-0.15, -0.1) is 0 Å². The molecule has 14 heteroatoms. The van der Waals surface area contributed by atoms with Gasteiger partial charge >= 0.3 is 0 Å². The molecule has 2 aliphatic rings. The number of aryl methyl sites for hydroxylation is 1. The van der Waals surface area contributed by atoms with Crippen LogP contribution in [0.2, 0.25) is 0 Å². The van der Waals surface area contributed by atoms with E-state index < -0.39 is 47.5 Å². The van der Waals surface area contributed by atoms with E-state index in [9.17, 15) is 24.0 Å². The Hall–Kier alpha value is -4.66. The third-order valence-corrected chi connectivity index (χ3v) is 9.75. The lowest BCUT2D eigenvalue weighted by Crippen LogP contribution is -2.59. The normalized spacial score (nSPS) is 19.3. The van der Waals surface area contributed by atoms with Gasteiger partial charge in [0.2, 0.25) is 29.5 Å². The molecule has 14 nitrogen and oxygen atoms in total. The van der Waals surface area contributed by atoms with Crippen molar-refractivity contribution in [2.45, 2.75) is 103 Å². The highest BCUT2D eigenvalue weighted by molar-refractivity contribution is 6.02. The van der Waals surface area contributed by atoms with E-state index in [1.807, 2.05) is 100 Å². The molecule has 4 rings (SSSR count). The summed E-state index contributed by atoms with van der Waals surface area (Å²) in [5, 5.41) is 16.3. The van der Waals surface area contributed by atoms with Crippen molar-refractivity contribution in [3.8, 4) is 0 Å². The number of amides is 5. The summed E-state index contributed by atoms with van der Waals surface area (Å²) in [5.41, 5.74) is 4.08. The summed E-state index contributed by atoms with van der Waals surface area (Å²) < 4.78 is 11.1. The molecule has 0 aliphatic carbocycles. The topological polar surface area (TPSA) is 183 Å². The predicted octanol–water partition coefficient (Wildman–Crippen LogP) is 2.51. The lowest BCUT2D eigenvalue weighted by atomic mass is 9.92. The molecule has 5 N–H and O–H groups in total. The average Bonchev–Trinajstić information content (AvgIpc) is 3.90. The summed E-state index contributed by atoms with van der Waals surface area (Å²) in [6.45, 7) is 14.0. The van der Waals surface area contributed by atoms with Crippen LogP contribution >= 0.6 is 0 Å². The summed E-state index contributed by atoms with van der Waals surface area (Å²) in [5.74, 6) is -1.93. The Morgan fingerprint density at radius 1 is 0.732 bits per heavy atom. The van der Waals surface area contributed by atoms with Crippen LogP contribution < -0.4 is 26.7 Å². The van der Waals surface area contributed by atoms with Gasteiger partial charge in [-0.2, -0.15) is 5.10 Å². The van der Waals surface area contributed by atoms with Gasteiger partial charge in [-0.3, -0.25) is 28.9 Å². The number of hydrazone groups is 1. The van der Waals surface area contributed by atoms with Crippen molar-refractivity contribution in [3.63, 3.8) is 0 Å². The van der Waals surface area contributed by atoms with Crippen LogP contribution in [0.15, 0.2) is 65.8 Å². The van der Waals surface area contributed by atoms with E-state index in [2.05, 4.69) is 31.8 Å². The van der Waals surface area contributed by atoms with Crippen molar-refractivity contribution in [2.24, 2.45) is 16.9 Å². The fraction of sp³-hybridized carbons (Fsp3) is 0.571. The molecule has 306 valence electrons. The lowest BCUT2D eigenvalue weighted by Gasteiger charge is -2.29. The Bertz CT molecular complexity index is 1630. The molecule has 2 aromatic rings. The molecule has 0 spiro atoms. The SMILES string of the molecule is CC(=O)N/N=C(/[C@H](CC(C)C)NC(=O)[C@H](Cc1ccccc1)NC(=O)[C@H](CC(C)C)NC(=O)[C@H](CCc1ccccc1)NC(=O)CN1CCOCC1)[C@@]1(C)CO1. The summed E-state index contributed by atoms with van der Waals surface area (Å²) in [6.07, 6.45) is 1.83. The van der Waals surface area contributed by atoms with Crippen LogP contribution in [-0.4, -0.2) is 109 Å². The fourth-order valence-electron chi connectivity index (χ4n) is 6.68. The molecule has 2 aliphatic heterocycles. The standard InChI is InChI=1S/C42H61N7O7/c1-28(2)23-34(38(42(6)27-56-42)48-47-30(5)50)44-41(54)36(25-32-15-11-8-12-16-32)46-40(53)35(24-29(3)4)45-39(52)33(18-17-31-13-9-7-10-14-31)43-37(51)26-49-19-21-55-22-20-49/h7-16,28-29,33-36H,17-27H2,1-6H3,(H,43,51)(H,44,54)(H,45,52)(H,46,53)(H,47,50)/b48-38-/t33-,34-,35-,36-,42+/m0/s1. The van der Waals surface area contributed by atoms with Gasteiger partial charge in [0.25, 0.3) is 0 Å². The Balaban J connectivity index is 1.55. The molecule has 0 aromatic heterocycles. The number of ether oxygens (including phenoxy) is 2. The molecular weight excluding hydrogens is 715 g/mol. The van der Waals surface area contributed by atoms with E-state index >= 15 is 0 Å². The second-order valence-electron chi connectivity index (χ2n) is 15.8. The number of carbonyl (C=O) groups is 5. The van der Waals surface area contributed by atoms with E-state index in [-0.39, 0.29) is 36.6 Å². The Morgan fingerprint density at radius 3 is 1.82 bits per heavy atom. The first kappa shape index (κ1) is 44.1. The molecule has 2 heterocycles. The van der Waals surface area contributed by atoms with Crippen LogP contribution in [0.4, 0.5) is 0 Å². The van der Waals surface area contributed by atoms with Crippen molar-refractivity contribution in [2.75, 3.05) is 39.5 Å². The van der Waals surface area contributed by atoms with Crippen molar-refractivity contribution in [3.05, 3.63) is 71.8 Å². The maximum Gasteiger partial charge on any atom is 0.243 e. The first-order chi connectivity index (χ1) is 26.7. The predicted molar refractivity (Wildman–Crippen MR) is 214 cm³/mol. The third kappa shape index (κ3) is 14.8. The third-order valence-electron chi connectivity index (χ3n) is 9.75. The Morgan fingerprint density at radius 2 is 1.25 bits per heavy atom. The molecule has 0 saturated carbocycles. The molecule has 5 amide bonds. The largest absolute Gasteiger partial charge is 0.379 e. The second-order valence-corrected chi connectivity index (χ2v) is 15.8. The lowest BCUT2D eigenvalue weighted by molar-refractivity contribution is -0.134. The fourth-order valence-corrected chi connectivity index (χ4v) is 6.68. The monoisotopic (exact) mass is 775 g/mol. The number of hydrogen-bond donors (Lipinski definition) is 5. The number of hydrogen-bond acceptors (Lipinski definition) is 9. The van der Waals surface area contributed by atoms with Gasteiger partial charge in [0.15, 0.2) is 0 Å². The quantitative estimate of drug-likeness (QED) is 0.0729. The number of carbonyl (C=O) groups excluding carboxylic acids is 5. The minimum Gasteiger partial charge on any atom is -0.379 e. The van der Waals surface area contributed by atoms with Crippen LogP contribution in [0.3, 0.4) is 0 Å². The average molecular weight is 776 g/mol. The first-order valence-corrected chi connectivity index (χ1v) is 19.8. The molecule has 56 heavy (non-hydrogen) atoms. The highest BCUT2D eigenvalue weighted by atomic mass is 16.6. The van der Waals surface area contributed by atoms with Crippen molar-refractivity contribution >= 4 is 35.2 Å². The molecule has 0 unspecified atom stereocenters. The van der Waals surface area contributed by atoms with Gasteiger partial charge in [0.05, 0.1) is 38.1 Å². The number of epoxide rings is 1. The van der Waals surface area contributed by atoms with Crippen molar-refractivity contribution in [1.29, 1.82) is 0 Å². The maximum absolute atomic E-state index is 14.3. The van der Waals surface area contributed by atoms with E-state index in [4.69, 9.17) is 9.47 Å². The van der Waals surface area contributed by atoms with Crippen LogP contribution in [0, 0.1) is 11.8 Å².